The number of halogens is 1. The third kappa shape index (κ3) is 4.65. The van der Waals surface area contributed by atoms with Crippen molar-refractivity contribution in [3.63, 3.8) is 0 Å². The van der Waals surface area contributed by atoms with Gasteiger partial charge in [0.05, 0.1) is 12.2 Å². The number of nitrogens with zero attached hydrogens (tertiary/aromatic N) is 2. The molecule has 156 valence electrons. The number of rotatable bonds is 7. The quantitative estimate of drug-likeness (QED) is 0.608. The summed E-state index contributed by atoms with van der Waals surface area (Å²) < 4.78 is 1.96. The average molecular weight is 425 g/mol. The Labute approximate surface area is 180 Å². The average Bonchev–Trinajstić information content (AvgIpc) is 3.31. The Morgan fingerprint density at radius 1 is 1.30 bits per heavy atom. The molecule has 1 atom stereocenters. The first-order valence-corrected chi connectivity index (χ1v) is 10.6. The zero-order chi connectivity index (χ0) is 21.1. The highest BCUT2D eigenvalue weighted by atomic mass is 35.5. The van der Waals surface area contributed by atoms with Crippen LogP contribution in [0.2, 0.25) is 5.02 Å². The molecule has 4 rings (SSSR count). The minimum Gasteiger partial charge on any atom is -0.350 e. The van der Waals surface area contributed by atoms with Crippen LogP contribution in [0.5, 0.6) is 0 Å². The zero-order valence-corrected chi connectivity index (χ0v) is 17.7. The standard InChI is InChI=1S/C23H25ClN4O2/c1-16-3-2-12-28-15-19(26-22(16)28)14-25-20(29)8-10-23(11-9-21(30)27-23)13-17-4-6-18(24)7-5-17/h2-7,12,15H,8-11,13-14H2,1H3,(H,25,29)(H,27,30)/t23-/m0/s1. The molecular weight excluding hydrogens is 400 g/mol. The second-order valence-corrected chi connectivity index (χ2v) is 8.50. The van der Waals surface area contributed by atoms with Crippen LogP contribution in [0.15, 0.2) is 48.8 Å². The van der Waals surface area contributed by atoms with E-state index in [1.54, 1.807) is 0 Å². The number of benzene rings is 1. The van der Waals surface area contributed by atoms with Crippen LogP contribution in [-0.4, -0.2) is 26.7 Å². The van der Waals surface area contributed by atoms with Crippen LogP contribution >= 0.6 is 11.6 Å². The maximum Gasteiger partial charge on any atom is 0.220 e. The van der Waals surface area contributed by atoms with Crippen molar-refractivity contribution in [3.8, 4) is 0 Å². The lowest BCUT2D eigenvalue weighted by atomic mass is 9.85. The molecule has 30 heavy (non-hydrogen) atoms. The zero-order valence-electron chi connectivity index (χ0n) is 17.0. The molecule has 2 amide bonds. The van der Waals surface area contributed by atoms with E-state index in [0.717, 1.165) is 28.9 Å². The largest absolute Gasteiger partial charge is 0.350 e. The van der Waals surface area contributed by atoms with E-state index in [4.69, 9.17) is 11.6 Å². The highest BCUT2D eigenvalue weighted by molar-refractivity contribution is 6.30. The van der Waals surface area contributed by atoms with Gasteiger partial charge in [0.25, 0.3) is 0 Å². The van der Waals surface area contributed by atoms with E-state index in [1.165, 1.54) is 0 Å². The molecule has 0 saturated carbocycles. The summed E-state index contributed by atoms with van der Waals surface area (Å²) >= 11 is 5.98. The molecule has 6 nitrogen and oxygen atoms in total. The minimum absolute atomic E-state index is 0.0413. The van der Waals surface area contributed by atoms with Crippen molar-refractivity contribution < 1.29 is 9.59 Å². The van der Waals surface area contributed by atoms with Crippen LogP contribution in [0.4, 0.5) is 0 Å². The van der Waals surface area contributed by atoms with Gasteiger partial charge in [-0.25, -0.2) is 4.98 Å². The topological polar surface area (TPSA) is 75.5 Å². The number of nitrogens with one attached hydrogen (secondary N) is 2. The Balaban J connectivity index is 1.35. The molecule has 0 aliphatic carbocycles. The lowest BCUT2D eigenvalue weighted by molar-refractivity contribution is -0.122. The molecule has 2 aromatic heterocycles. The summed E-state index contributed by atoms with van der Waals surface area (Å²) in [6.07, 6.45) is 6.74. The Morgan fingerprint density at radius 3 is 2.80 bits per heavy atom. The fraction of sp³-hybridized carbons (Fsp3) is 0.348. The first-order valence-electron chi connectivity index (χ1n) is 10.2. The molecule has 7 heteroatoms. The highest BCUT2D eigenvalue weighted by Crippen LogP contribution is 2.30. The van der Waals surface area contributed by atoms with Gasteiger partial charge in [0, 0.05) is 35.8 Å². The second-order valence-electron chi connectivity index (χ2n) is 8.06. The molecular formula is C23H25ClN4O2. The van der Waals surface area contributed by atoms with Gasteiger partial charge in [-0.1, -0.05) is 29.8 Å². The SMILES string of the molecule is Cc1cccn2cc(CNC(=O)CC[C@@]3(Cc4ccc(Cl)cc4)CCC(=O)N3)nc12. The number of amides is 2. The number of imidazole rings is 1. The monoisotopic (exact) mass is 424 g/mol. The van der Waals surface area contributed by atoms with E-state index in [2.05, 4.69) is 15.6 Å². The number of hydrogen-bond acceptors (Lipinski definition) is 3. The maximum absolute atomic E-state index is 12.5. The van der Waals surface area contributed by atoms with Crippen LogP contribution in [0, 0.1) is 6.92 Å². The summed E-state index contributed by atoms with van der Waals surface area (Å²) in [4.78, 5) is 29.0. The molecule has 0 radical (unpaired) electrons. The summed E-state index contributed by atoms with van der Waals surface area (Å²) in [5, 5.41) is 6.76. The minimum atomic E-state index is -0.386. The van der Waals surface area contributed by atoms with E-state index in [9.17, 15) is 9.59 Å². The summed E-state index contributed by atoms with van der Waals surface area (Å²) in [5.74, 6) is 0.00449. The van der Waals surface area contributed by atoms with E-state index >= 15 is 0 Å². The Bertz CT molecular complexity index is 1080. The van der Waals surface area contributed by atoms with Crippen molar-refractivity contribution in [2.45, 2.75) is 51.1 Å². The number of fused-ring (bicyclic) bond motifs is 1. The van der Waals surface area contributed by atoms with Crippen LogP contribution in [-0.2, 0) is 22.6 Å². The lowest BCUT2D eigenvalue weighted by Gasteiger charge is -2.29. The van der Waals surface area contributed by atoms with Crippen LogP contribution in [0.25, 0.3) is 5.65 Å². The van der Waals surface area contributed by atoms with Crippen molar-refractivity contribution in [3.05, 3.63) is 70.6 Å². The molecule has 0 unspecified atom stereocenters. The van der Waals surface area contributed by atoms with Crippen molar-refractivity contribution in [1.29, 1.82) is 0 Å². The third-order valence-electron chi connectivity index (χ3n) is 5.72. The summed E-state index contributed by atoms with van der Waals surface area (Å²) in [6, 6.07) is 11.6. The Hall–Kier alpha value is -2.86. The van der Waals surface area contributed by atoms with Gasteiger partial charge in [-0.3, -0.25) is 9.59 Å². The predicted octanol–water partition coefficient (Wildman–Crippen LogP) is 3.58. The van der Waals surface area contributed by atoms with Gasteiger partial charge in [-0.15, -0.1) is 0 Å². The fourth-order valence-corrected chi connectivity index (χ4v) is 4.22. The molecule has 0 bridgehead atoms. The van der Waals surface area contributed by atoms with E-state index in [0.29, 0.717) is 37.3 Å². The molecule has 2 N–H and O–H groups in total. The van der Waals surface area contributed by atoms with Crippen molar-refractivity contribution in [2.75, 3.05) is 0 Å². The summed E-state index contributed by atoms with van der Waals surface area (Å²) in [5.41, 5.74) is 3.53. The van der Waals surface area contributed by atoms with Crippen molar-refractivity contribution >= 4 is 29.1 Å². The number of hydrogen-bond donors (Lipinski definition) is 2. The Kier molecular flexibility index (Phi) is 5.77. The van der Waals surface area contributed by atoms with Crippen LogP contribution in [0.1, 0.15) is 42.5 Å². The third-order valence-corrected chi connectivity index (χ3v) is 5.97. The normalized spacial score (nSPS) is 18.5. The van der Waals surface area contributed by atoms with Gasteiger partial charge in [0.2, 0.25) is 11.8 Å². The van der Waals surface area contributed by atoms with E-state index < -0.39 is 0 Å². The van der Waals surface area contributed by atoms with E-state index in [1.807, 2.05) is 60.1 Å². The van der Waals surface area contributed by atoms with Crippen LogP contribution in [0.3, 0.4) is 0 Å². The smallest absolute Gasteiger partial charge is 0.220 e. The highest BCUT2D eigenvalue weighted by Gasteiger charge is 2.37. The van der Waals surface area contributed by atoms with Gasteiger partial charge in [0.15, 0.2) is 0 Å². The Morgan fingerprint density at radius 2 is 2.10 bits per heavy atom. The number of pyridine rings is 1. The summed E-state index contributed by atoms with van der Waals surface area (Å²) in [6.45, 7) is 2.40. The van der Waals surface area contributed by atoms with Gasteiger partial charge < -0.3 is 15.0 Å². The van der Waals surface area contributed by atoms with Crippen molar-refractivity contribution in [1.82, 2.24) is 20.0 Å². The van der Waals surface area contributed by atoms with E-state index in [-0.39, 0.29) is 17.4 Å². The van der Waals surface area contributed by atoms with Gasteiger partial charge in [-0.2, -0.15) is 0 Å². The molecule has 1 aromatic carbocycles. The first-order chi connectivity index (χ1) is 14.4. The van der Waals surface area contributed by atoms with Gasteiger partial charge >= 0.3 is 0 Å². The number of carbonyl (C=O) groups is 2. The predicted molar refractivity (Wildman–Crippen MR) is 116 cm³/mol. The molecule has 3 heterocycles. The molecule has 3 aromatic rings. The van der Waals surface area contributed by atoms with Crippen molar-refractivity contribution in [2.24, 2.45) is 0 Å². The lowest BCUT2D eigenvalue weighted by Crippen LogP contribution is -2.44. The first kappa shape index (κ1) is 20.4. The number of aryl methyl sites for hydroxylation is 1. The molecule has 0 spiro atoms. The molecule has 1 aliphatic heterocycles. The van der Waals surface area contributed by atoms with Gasteiger partial charge in [0.1, 0.15) is 5.65 Å². The second kappa shape index (κ2) is 8.48. The molecule has 1 aliphatic rings. The van der Waals surface area contributed by atoms with Gasteiger partial charge in [-0.05, 0) is 55.5 Å². The number of carbonyl (C=O) groups excluding carboxylic acids is 2. The fourth-order valence-electron chi connectivity index (χ4n) is 4.09. The summed E-state index contributed by atoms with van der Waals surface area (Å²) in [7, 11) is 0. The van der Waals surface area contributed by atoms with Crippen LogP contribution < -0.4 is 10.6 Å². The molecule has 1 saturated heterocycles. The maximum atomic E-state index is 12.5. The number of aromatic nitrogens is 2. The molecule has 1 fully saturated rings.